The quantitative estimate of drug-likeness (QED) is 0.430. The van der Waals surface area contributed by atoms with Crippen LogP contribution in [-0.2, 0) is 9.53 Å². The van der Waals surface area contributed by atoms with E-state index < -0.39 is 0 Å². The number of ether oxygens (including phenoxy) is 1. The average Bonchev–Trinajstić information content (AvgIpc) is 2.46. The van der Waals surface area contributed by atoms with Gasteiger partial charge in [-0.2, -0.15) is 0 Å². The van der Waals surface area contributed by atoms with E-state index in [-0.39, 0.29) is 23.3 Å². The van der Waals surface area contributed by atoms with Crippen molar-refractivity contribution in [3.63, 3.8) is 0 Å². The van der Waals surface area contributed by atoms with Gasteiger partial charge in [0.2, 0.25) is 5.91 Å². The lowest BCUT2D eigenvalue weighted by Gasteiger charge is -2.10. The SMILES string of the molecule is CCOCCC(=O)NNC(=S)NC(=O)c1ccc(C)cc1. The smallest absolute Gasteiger partial charge is 0.257 e. The van der Waals surface area contributed by atoms with E-state index >= 15 is 0 Å². The fourth-order valence-corrected chi connectivity index (χ4v) is 1.55. The Hall–Kier alpha value is -1.99. The molecule has 6 nitrogen and oxygen atoms in total. The first-order valence-electron chi connectivity index (χ1n) is 6.57. The lowest BCUT2D eigenvalue weighted by atomic mass is 10.1. The number of hydrogen-bond acceptors (Lipinski definition) is 4. The highest BCUT2D eigenvalue weighted by molar-refractivity contribution is 7.80. The standard InChI is InChI=1S/C14H19N3O3S/c1-3-20-9-8-12(18)16-17-14(21)15-13(19)11-6-4-10(2)5-7-11/h4-7H,3,8-9H2,1-2H3,(H,16,18)(H2,15,17,19,21). The predicted octanol–water partition coefficient (Wildman–Crippen LogP) is 1.06. The third-order valence-electron chi connectivity index (χ3n) is 2.53. The molecule has 0 fully saturated rings. The lowest BCUT2D eigenvalue weighted by Crippen LogP contribution is -2.48. The average molecular weight is 309 g/mol. The molecular weight excluding hydrogens is 290 g/mol. The number of amides is 2. The molecule has 1 aromatic carbocycles. The van der Waals surface area contributed by atoms with E-state index in [9.17, 15) is 9.59 Å². The van der Waals surface area contributed by atoms with Gasteiger partial charge in [0, 0.05) is 12.2 Å². The molecule has 0 aromatic heterocycles. The Morgan fingerprint density at radius 2 is 1.86 bits per heavy atom. The number of nitrogens with one attached hydrogen (secondary N) is 3. The molecule has 0 aliphatic carbocycles. The largest absolute Gasteiger partial charge is 0.381 e. The number of carbonyl (C=O) groups is 2. The Labute approximate surface area is 129 Å². The van der Waals surface area contributed by atoms with Gasteiger partial charge >= 0.3 is 0 Å². The number of carbonyl (C=O) groups excluding carboxylic acids is 2. The van der Waals surface area contributed by atoms with Crippen LogP contribution in [0.1, 0.15) is 29.3 Å². The molecule has 0 unspecified atom stereocenters. The van der Waals surface area contributed by atoms with Gasteiger partial charge in [0.05, 0.1) is 13.0 Å². The number of benzene rings is 1. The van der Waals surface area contributed by atoms with E-state index in [0.29, 0.717) is 18.8 Å². The molecule has 0 aliphatic heterocycles. The highest BCUT2D eigenvalue weighted by Crippen LogP contribution is 2.02. The molecule has 114 valence electrons. The summed E-state index contributed by atoms with van der Waals surface area (Å²) >= 11 is 4.92. The second kappa shape index (κ2) is 9.04. The minimum absolute atomic E-state index is 0.0327. The second-order valence-corrected chi connectivity index (χ2v) is 4.68. The summed E-state index contributed by atoms with van der Waals surface area (Å²) in [6.07, 6.45) is 0.218. The molecule has 1 aromatic rings. The molecule has 2 amide bonds. The zero-order valence-corrected chi connectivity index (χ0v) is 12.9. The van der Waals surface area contributed by atoms with Crippen LogP contribution in [0.4, 0.5) is 0 Å². The highest BCUT2D eigenvalue weighted by Gasteiger charge is 2.08. The molecule has 3 N–H and O–H groups in total. The molecule has 21 heavy (non-hydrogen) atoms. The Morgan fingerprint density at radius 1 is 1.19 bits per heavy atom. The maximum absolute atomic E-state index is 11.9. The molecule has 7 heteroatoms. The van der Waals surface area contributed by atoms with Gasteiger partial charge in [0.25, 0.3) is 5.91 Å². The normalized spacial score (nSPS) is 9.81. The van der Waals surface area contributed by atoms with Crippen LogP contribution in [-0.4, -0.2) is 30.1 Å². The van der Waals surface area contributed by atoms with Crippen LogP contribution >= 0.6 is 12.2 Å². The maximum atomic E-state index is 11.9. The summed E-state index contributed by atoms with van der Waals surface area (Å²) in [6, 6.07) is 7.07. The van der Waals surface area contributed by atoms with E-state index in [2.05, 4.69) is 16.2 Å². The number of thiocarbonyl (C=S) groups is 1. The van der Waals surface area contributed by atoms with Gasteiger partial charge in [-0.25, -0.2) is 0 Å². The number of rotatable bonds is 5. The van der Waals surface area contributed by atoms with Gasteiger partial charge in [-0.3, -0.25) is 25.8 Å². The monoisotopic (exact) mass is 309 g/mol. The van der Waals surface area contributed by atoms with Gasteiger partial charge in [0.15, 0.2) is 5.11 Å². The van der Waals surface area contributed by atoms with Gasteiger partial charge in [-0.15, -0.1) is 0 Å². The summed E-state index contributed by atoms with van der Waals surface area (Å²) in [5.41, 5.74) is 6.40. The van der Waals surface area contributed by atoms with Gasteiger partial charge in [-0.05, 0) is 38.2 Å². The Kier molecular flexibility index (Phi) is 7.34. The first kappa shape index (κ1) is 17.1. The van der Waals surface area contributed by atoms with Gasteiger partial charge in [-0.1, -0.05) is 17.7 Å². The van der Waals surface area contributed by atoms with Crippen LogP contribution in [0.5, 0.6) is 0 Å². The van der Waals surface area contributed by atoms with Crippen molar-refractivity contribution in [1.29, 1.82) is 0 Å². The van der Waals surface area contributed by atoms with Crippen molar-refractivity contribution < 1.29 is 14.3 Å². The predicted molar refractivity (Wildman–Crippen MR) is 83.6 cm³/mol. The van der Waals surface area contributed by atoms with Crippen molar-refractivity contribution in [3.05, 3.63) is 35.4 Å². The molecule has 0 radical (unpaired) electrons. The van der Waals surface area contributed by atoms with Crippen molar-refractivity contribution in [1.82, 2.24) is 16.2 Å². The van der Waals surface area contributed by atoms with Crippen LogP contribution in [0.2, 0.25) is 0 Å². The first-order valence-corrected chi connectivity index (χ1v) is 6.98. The minimum atomic E-state index is -0.337. The second-order valence-electron chi connectivity index (χ2n) is 4.27. The molecule has 0 heterocycles. The zero-order valence-electron chi connectivity index (χ0n) is 12.1. The summed E-state index contributed by atoms with van der Waals surface area (Å²) in [7, 11) is 0. The van der Waals surface area contributed by atoms with Crippen molar-refractivity contribution >= 4 is 29.1 Å². The van der Waals surface area contributed by atoms with Crippen LogP contribution in [0, 0.1) is 6.92 Å². The third kappa shape index (κ3) is 6.82. The van der Waals surface area contributed by atoms with Crippen molar-refractivity contribution in [2.45, 2.75) is 20.3 Å². The molecule has 0 saturated carbocycles. The van der Waals surface area contributed by atoms with Gasteiger partial charge in [0.1, 0.15) is 0 Å². The third-order valence-corrected chi connectivity index (χ3v) is 2.74. The Bertz CT molecular complexity index is 503. The molecule has 0 spiro atoms. The van der Waals surface area contributed by atoms with Crippen LogP contribution in [0.3, 0.4) is 0 Å². The van der Waals surface area contributed by atoms with E-state index in [1.165, 1.54) is 0 Å². The topological polar surface area (TPSA) is 79.5 Å². The van der Waals surface area contributed by atoms with Crippen molar-refractivity contribution in [2.75, 3.05) is 13.2 Å². The van der Waals surface area contributed by atoms with E-state index in [0.717, 1.165) is 5.56 Å². The summed E-state index contributed by atoms with van der Waals surface area (Å²) in [5, 5.41) is 2.51. The van der Waals surface area contributed by atoms with Crippen molar-refractivity contribution in [2.24, 2.45) is 0 Å². The highest BCUT2D eigenvalue weighted by atomic mass is 32.1. The van der Waals surface area contributed by atoms with Crippen LogP contribution in [0.15, 0.2) is 24.3 Å². The number of aryl methyl sites for hydroxylation is 1. The molecule has 0 atom stereocenters. The van der Waals surface area contributed by atoms with E-state index in [1.54, 1.807) is 12.1 Å². The summed E-state index contributed by atoms with van der Waals surface area (Å²) in [5.74, 6) is -0.605. The molecule has 0 bridgehead atoms. The Balaban J connectivity index is 2.31. The first-order chi connectivity index (χ1) is 10.0. The number of hydrazine groups is 1. The molecule has 0 aliphatic rings. The number of hydrogen-bond donors (Lipinski definition) is 3. The fourth-order valence-electron chi connectivity index (χ4n) is 1.41. The van der Waals surface area contributed by atoms with Crippen molar-refractivity contribution in [3.8, 4) is 0 Å². The fraction of sp³-hybridized carbons (Fsp3) is 0.357. The summed E-state index contributed by atoms with van der Waals surface area (Å²) in [4.78, 5) is 23.2. The zero-order chi connectivity index (χ0) is 15.7. The minimum Gasteiger partial charge on any atom is -0.381 e. The van der Waals surface area contributed by atoms with Crippen LogP contribution < -0.4 is 16.2 Å². The van der Waals surface area contributed by atoms with E-state index in [1.807, 2.05) is 26.0 Å². The molecule has 1 rings (SSSR count). The summed E-state index contributed by atoms with van der Waals surface area (Å²) in [6.45, 7) is 4.69. The van der Waals surface area contributed by atoms with Crippen LogP contribution in [0.25, 0.3) is 0 Å². The summed E-state index contributed by atoms with van der Waals surface area (Å²) < 4.78 is 5.05. The molecular formula is C14H19N3O3S. The molecule has 0 saturated heterocycles. The van der Waals surface area contributed by atoms with E-state index in [4.69, 9.17) is 17.0 Å². The lowest BCUT2D eigenvalue weighted by molar-refractivity contribution is -0.122. The Morgan fingerprint density at radius 3 is 2.48 bits per heavy atom. The van der Waals surface area contributed by atoms with Gasteiger partial charge < -0.3 is 4.74 Å². The maximum Gasteiger partial charge on any atom is 0.257 e.